The molecule has 0 radical (unpaired) electrons. The van der Waals surface area contributed by atoms with Crippen LogP contribution in [0.4, 0.5) is 0 Å². The van der Waals surface area contributed by atoms with Gasteiger partial charge in [0, 0.05) is 0 Å². The molecule has 1 N–H and O–H groups in total. The first-order chi connectivity index (χ1) is 6.69. The maximum Gasteiger partial charge on any atom is 0.328 e. The minimum absolute atomic E-state index is 0.399. The van der Waals surface area contributed by atoms with E-state index in [1.165, 1.54) is 7.11 Å². The van der Waals surface area contributed by atoms with Crippen LogP contribution in [-0.4, -0.2) is 13.1 Å². The summed E-state index contributed by atoms with van der Waals surface area (Å²) < 4.78 is 4.60. The van der Waals surface area contributed by atoms with E-state index in [1.54, 1.807) is 0 Å². The predicted octanol–water partition coefficient (Wildman–Crippen LogP) is 1.95. The zero-order chi connectivity index (χ0) is 10.6. The molecule has 0 aliphatic rings. The Morgan fingerprint density at radius 2 is 2.00 bits per heavy atom. The van der Waals surface area contributed by atoms with Crippen LogP contribution in [0.5, 0.6) is 0 Å². The Morgan fingerprint density at radius 3 is 2.43 bits per heavy atom. The minimum Gasteiger partial charge on any atom is -0.468 e. The molecule has 1 atom stereocenters. The van der Waals surface area contributed by atoms with Gasteiger partial charge in [0.15, 0.2) is 0 Å². The first kappa shape index (κ1) is 11.0. The molecule has 3 nitrogen and oxygen atoms in total. The Hall–Kier alpha value is -1.06. The summed E-state index contributed by atoms with van der Waals surface area (Å²) in [6.07, 6.45) is 0. The molecule has 0 heterocycles. The largest absolute Gasteiger partial charge is 0.468 e. The summed E-state index contributed by atoms with van der Waals surface area (Å²) in [5.74, 6) is -0.399. The molecule has 0 bridgehead atoms. The number of esters is 1. The quantitative estimate of drug-likeness (QED) is 0.616. The van der Waals surface area contributed by atoms with Gasteiger partial charge in [-0.15, -0.1) is 0 Å². The normalized spacial score (nSPS) is 12.2. The van der Waals surface area contributed by atoms with Crippen molar-refractivity contribution in [3.05, 3.63) is 35.4 Å². The van der Waals surface area contributed by atoms with Crippen LogP contribution < -0.4 is 4.84 Å². The minimum atomic E-state index is -0.609. The average Bonchev–Trinajstić information content (AvgIpc) is 2.21. The maximum atomic E-state index is 11.3. The Balaban J connectivity index is 2.89. The topological polar surface area (TPSA) is 38.3 Å². The predicted molar refractivity (Wildman–Crippen MR) is 54.9 cm³/mol. The Morgan fingerprint density at radius 1 is 1.43 bits per heavy atom. The highest BCUT2D eigenvalue weighted by atomic mass is 35.5. The number of carbonyl (C=O) groups excluding carboxylic acids is 1. The van der Waals surface area contributed by atoms with E-state index in [-0.39, 0.29) is 0 Å². The monoisotopic (exact) mass is 213 g/mol. The molecule has 0 fully saturated rings. The second-order valence-electron chi connectivity index (χ2n) is 2.98. The molecule has 0 aromatic heterocycles. The number of aryl methyl sites for hydroxylation is 1. The van der Waals surface area contributed by atoms with Crippen LogP contribution >= 0.6 is 11.8 Å². The molecule has 14 heavy (non-hydrogen) atoms. The van der Waals surface area contributed by atoms with Crippen LogP contribution in [-0.2, 0) is 9.53 Å². The van der Waals surface area contributed by atoms with Crippen molar-refractivity contribution in [1.29, 1.82) is 0 Å². The van der Waals surface area contributed by atoms with Crippen LogP contribution in [0.25, 0.3) is 0 Å². The highest BCUT2D eigenvalue weighted by molar-refractivity contribution is 6.14. The fraction of sp³-hybridized carbons (Fsp3) is 0.300. The van der Waals surface area contributed by atoms with Crippen molar-refractivity contribution in [2.45, 2.75) is 13.0 Å². The van der Waals surface area contributed by atoms with Gasteiger partial charge in [0.1, 0.15) is 6.04 Å². The lowest BCUT2D eigenvalue weighted by Crippen LogP contribution is -2.23. The van der Waals surface area contributed by atoms with E-state index < -0.39 is 12.0 Å². The summed E-state index contributed by atoms with van der Waals surface area (Å²) in [4.78, 5) is 13.6. The Labute approximate surface area is 88.1 Å². The molecule has 0 aliphatic carbocycles. The van der Waals surface area contributed by atoms with E-state index in [1.807, 2.05) is 31.2 Å². The Kier molecular flexibility index (Phi) is 3.92. The number of ether oxygens (including phenoxy) is 1. The molecule has 76 valence electrons. The number of hydrogen-bond donors (Lipinski definition) is 1. The SMILES string of the molecule is COC(=O)[C@@H](NCl)c1ccc(C)cc1. The van der Waals surface area contributed by atoms with E-state index in [4.69, 9.17) is 11.8 Å². The molecular weight excluding hydrogens is 202 g/mol. The van der Waals surface area contributed by atoms with Gasteiger partial charge < -0.3 is 4.74 Å². The molecule has 0 spiro atoms. The number of benzene rings is 1. The fourth-order valence-electron chi connectivity index (χ4n) is 1.12. The molecule has 1 aromatic rings. The summed E-state index contributed by atoms with van der Waals surface area (Å²) in [5, 5.41) is 0. The van der Waals surface area contributed by atoms with Gasteiger partial charge in [-0.05, 0) is 24.3 Å². The molecule has 0 aliphatic heterocycles. The molecule has 0 unspecified atom stereocenters. The van der Waals surface area contributed by atoms with Gasteiger partial charge in [-0.25, -0.2) is 9.63 Å². The summed E-state index contributed by atoms with van der Waals surface area (Å²) >= 11 is 5.46. The zero-order valence-electron chi connectivity index (χ0n) is 8.08. The second kappa shape index (κ2) is 4.98. The average molecular weight is 214 g/mol. The first-order valence-electron chi connectivity index (χ1n) is 4.19. The van der Waals surface area contributed by atoms with E-state index in [0.717, 1.165) is 11.1 Å². The van der Waals surface area contributed by atoms with Gasteiger partial charge in [-0.1, -0.05) is 29.8 Å². The fourth-order valence-corrected chi connectivity index (χ4v) is 1.34. The maximum absolute atomic E-state index is 11.3. The standard InChI is InChI=1S/C10H12ClNO2/c1-7-3-5-8(6-4-7)9(12-11)10(13)14-2/h3-6,9,12H,1-2H3/t9-/m0/s1. The van der Waals surface area contributed by atoms with Crippen LogP contribution in [0.15, 0.2) is 24.3 Å². The third kappa shape index (κ3) is 2.47. The highest BCUT2D eigenvalue weighted by Crippen LogP contribution is 2.15. The van der Waals surface area contributed by atoms with Crippen LogP contribution in [0, 0.1) is 6.92 Å². The van der Waals surface area contributed by atoms with Crippen molar-refractivity contribution < 1.29 is 9.53 Å². The molecule has 4 heteroatoms. The van der Waals surface area contributed by atoms with Crippen LogP contribution in [0.3, 0.4) is 0 Å². The first-order valence-corrected chi connectivity index (χ1v) is 4.57. The van der Waals surface area contributed by atoms with Crippen molar-refractivity contribution in [3.8, 4) is 0 Å². The number of methoxy groups -OCH3 is 1. The van der Waals surface area contributed by atoms with Gasteiger partial charge in [0.25, 0.3) is 0 Å². The van der Waals surface area contributed by atoms with Crippen molar-refractivity contribution in [2.75, 3.05) is 7.11 Å². The van der Waals surface area contributed by atoms with Gasteiger partial charge in [0.2, 0.25) is 0 Å². The van der Waals surface area contributed by atoms with Crippen LogP contribution in [0.2, 0.25) is 0 Å². The number of halogens is 1. The molecule has 0 amide bonds. The third-order valence-corrected chi connectivity index (χ3v) is 2.17. The number of rotatable bonds is 3. The number of carbonyl (C=O) groups is 1. The Bertz CT molecular complexity index is 310. The van der Waals surface area contributed by atoms with Crippen molar-refractivity contribution in [3.63, 3.8) is 0 Å². The van der Waals surface area contributed by atoms with Gasteiger partial charge in [0.05, 0.1) is 7.11 Å². The van der Waals surface area contributed by atoms with Crippen molar-refractivity contribution >= 4 is 17.7 Å². The van der Waals surface area contributed by atoms with E-state index in [9.17, 15) is 4.79 Å². The smallest absolute Gasteiger partial charge is 0.328 e. The zero-order valence-corrected chi connectivity index (χ0v) is 8.84. The molecule has 1 aromatic carbocycles. The van der Waals surface area contributed by atoms with Gasteiger partial charge in [-0.3, -0.25) is 0 Å². The molecule has 0 saturated carbocycles. The lowest BCUT2D eigenvalue weighted by atomic mass is 10.1. The van der Waals surface area contributed by atoms with E-state index in [2.05, 4.69) is 9.57 Å². The van der Waals surface area contributed by atoms with Gasteiger partial charge >= 0.3 is 5.97 Å². The summed E-state index contributed by atoms with van der Waals surface area (Å²) in [6, 6.07) is 6.90. The number of nitrogens with one attached hydrogen (secondary N) is 1. The lowest BCUT2D eigenvalue weighted by molar-refractivity contribution is -0.142. The molecule has 0 saturated heterocycles. The number of hydrogen-bond acceptors (Lipinski definition) is 3. The molecule has 1 rings (SSSR count). The van der Waals surface area contributed by atoms with Crippen LogP contribution in [0.1, 0.15) is 17.2 Å². The van der Waals surface area contributed by atoms with E-state index >= 15 is 0 Å². The van der Waals surface area contributed by atoms with Crippen molar-refractivity contribution in [1.82, 2.24) is 4.84 Å². The van der Waals surface area contributed by atoms with E-state index in [0.29, 0.717) is 0 Å². The lowest BCUT2D eigenvalue weighted by Gasteiger charge is -2.12. The second-order valence-corrected chi connectivity index (χ2v) is 3.19. The summed E-state index contributed by atoms with van der Waals surface area (Å²) in [7, 11) is 1.33. The highest BCUT2D eigenvalue weighted by Gasteiger charge is 2.19. The van der Waals surface area contributed by atoms with Gasteiger partial charge in [-0.2, -0.15) is 0 Å². The van der Waals surface area contributed by atoms with Crippen molar-refractivity contribution in [2.24, 2.45) is 0 Å². The summed E-state index contributed by atoms with van der Waals surface area (Å²) in [6.45, 7) is 1.98. The molecular formula is C10H12ClNO2. The third-order valence-electron chi connectivity index (χ3n) is 1.96. The summed E-state index contributed by atoms with van der Waals surface area (Å²) in [5.41, 5.74) is 1.92.